The summed E-state index contributed by atoms with van der Waals surface area (Å²) in [5.74, 6) is -0.546. The first kappa shape index (κ1) is 18.6. The molecule has 4 nitrogen and oxygen atoms in total. The van der Waals surface area contributed by atoms with Gasteiger partial charge in [-0.1, -0.05) is 54.6 Å². The van der Waals surface area contributed by atoms with E-state index in [4.69, 9.17) is 0 Å². The highest BCUT2D eigenvalue weighted by atomic mass is 19.1. The van der Waals surface area contributed by atoms with Gasteiger partial charge in [0.15, 0.2) is 0 Å². The van der Waals surface area contributed by atoms with Crippen LogP contribution in [0, 0.1) is 12.7 Å². The van der Waals surface area contributed by atoms with Crippen LogP contribution in [-0.4, -0.2) is 15.7 Å². The molecule has 1 N–H and O–H groups in total. The summed E-state index contributed by atoms with van der Waals surface area (Å²) < 4.78 is 14.8. The Labute approximate surface area is 168 Å². The molecule has 1 aromatic heterocycles. The number of carbonyl (C=O) groups is 1. The smallest absolute Gasteiger partial charge is 0.270 e. The number of amides is 1. The standard InChI is InChI=1S/C24H20FN3O/c1-17-6-5-9-21(14-17)28-23(15-22(27-28)19-7-3-2-4-8-19)24(29)26-16-18-10-12-20(25)13-11-18/h2-15H,16H2,1H3,(H,26,29). The number of benzene rings is 3. The molecule has 1 amide bonds. The third-order valence-corrected chi connectivity index (χ3v) is 4.62. The van der Waals surface area contributed by atoms with Gasteiger partial charge in [0.25, 0.3) is 5.91 Å². The Kier molecular flexibility index (Phi) is 5.20. The molecule has 0 aliphatic heterocycles. The minimum atomic E-state index is -0.301. The summed E-state index contributed by atoms with van der Waals surface area (Å²) in [7, 11) is 0. The van der Waals surface area contributed by atoms with Gasteiger partial charge in [-0.25, -0.2) is 9.07 Å². The highest BCUT2D eigenvalue weighted by molar-refractivity contribution is 5.94. The molecule has 0 unspecified atom stereocenters. The van der Waals surface area contributed by atoms with Crippen LogP contribution in [0.3, 0.4) is 0 Å². The van der Waals surface area contributed by atoms with Crippen molar-refractivity contribution in [2.45, 2.75) is 13.5 Å². The van der Waals surface area contributed by atoms with Gasteiger partial charge in [0, 0.05) is 12.1 Å². The number of nitrogens with one attached hydrogen (secondary N) is 1. The molecule has 0 fully saturated rings. The first-order valence-corrected chi connectivity index (χ1v) is 9.35. The fourth-order valence-electron chi connectivity index (χ4n) is 3.12. The monoisotopic (exact) mass is 385 g/mol. The van der Waals surface area contributed by atoms with E-state index in [0.717, 1.165) is 28.1 Å². The number of halogens is 1. The molecule has 0 aliphatic carbocycles. The van der Waals surface area contributed by atoms with E-state index < -0.39 is 0 Å². The van der Waals surface area contributed by atoms with Crippen molar-refractivity contribution in [2.75, 3.05) is 0 Å². The average Bonchev–Trinajstić information content (AvgIpc) is 3.19. The Morgan fingerprint density at radius 2 is 1.72 bits per heavy atom. The second-order valence-electron chi connectivity index (χ2n) is 6.84. The lowest BCUT2D eigenvalue weighted by molar-refractivity contribution is 0.0943. The van der Waals surface area contributed by atoms with Crippen LogP contribution in [0.15, 0.2) is 84.9 Å². The zero-order valence-corrected chi connectivity index (χ0v) is 16.0. The second kappa shape index (κ2) is 8.10. The highest BCUT2D eigenvalue weighted by Gasteiger charge is 2.17. The molecule has 0 bridgehead atoms. The van der Waals surface area contributed by atoms with Crippen LogP contribution in [0.1, 0.15) is 21.6 Å². The molecule has 5 heteroatoms. The van der Waals surface area contributed by atoms with Crippen molar-refractivity contribution in [3.8, 4) is 16.9 Å². The molecule has 4 rings (SSSR count). The Balaban J connectivity index is 1.67. The van der Waals surface area contributed by atoms with E-state index >= 15 is 0 Å². The number of aromatic nitrogens is 2. The van der Waals surface area contributed by atoms with Gasteiger partial charge in [-0.2, -0.15) is 5.10 Å². The third kappa shape index (κ3) is 4.24. The first-order valence-electron chi connectivity index (χ1n) is 9.35. The van der Waals surface area contributed by atoms with Crippen LogP contribution in [0.4, 0.5) is 4.39 Å². The second-order valence-corrected chi connectivity index (χ2v) is 6.84. The molecule has 0 aliphatic rings. The van der Waals surface area contributed by atoms with E-state index in [-0.39, 0.29) is 11.7 Å². The first-order chi connectivity index (χ1) is 14.1. The number of carbonyl (C=O) groups excluding carboxylic acids is 1. The number of rotatable bonds is 5. The lowest BCUT2D eigenvalue weighted by atomic mass is 10.1. The molecular formula is C24H20FN3O. The van der Waals surface area contributed by atoms with Crippen LogP contribution in [0.2, 0.25) is 0 Å². The molecule has 0 saturated heterocycles. The molecule has 1 heterocycles. The Morgan fingerprint density at radius 1 is 0.966 bits per heavy atom. The maximum Gasteiger partial charge on any atom is 0.270 e. The van der Waals surface area contributed by atoms with Gasteiger partial charge in [-0.15, -0.1) is 0 Å². The van der Waals surface area contributed by atoms with Crippen molar-refractivity contribution < 1.29 is 9.18 Å². The summed E-state index contributed by atoms with van der Waals surface area (Å²) in [6.45, 7) is 2.30. The van der Waals surface area contributed by atoms with Gasteiger partial charge < -0.3 is 5.32 Å². The van der Waals surface area contributed by atoms with Crippen LogP contribution in [0.25, 0.3) is 16.9 Å². The maximum absolute atomic E-state index is 13.1. The van der Waals surface area contributed by atoms with E-state index in [2.05, 4.69) is 10.4 Å². The Morgan fingerprint density at radius 3 is 2.45 bits per heavy atom. The summed E-state index contributed by atoms with van der Waals surface area (Å²) in [6, 6.07) is 25.5. The van der Waals surface area contributed by atoms with Crippen LogP contribution in [-0.2, 0) is 6.54 Å². The summed E-state index contributed by atoms with van der Waals surface area (Å²) in [6.07, 6.45) is 0. The van der Waals surface area contributed by atoms with E-state index in [9.17, 15) is 9.18 Å². The molecule has 29 heavy (non-hydrogen) atoms. The van der Waals surface area contributed by atoms with Crippen molar-refractivity contribution in [3.05, 3.63) is 108 Å². The minimum absolute atomic E-state index is 0.245. The number of aryl methyl sites for hydroxylation is 1. The summed E-state index contributed by atoms with van der Waals surface area (Å²) >= 11 is 0. The van der Waals surface area contributed by atoms with Gasteiger partial charge in [0.1, 0.15) is 11.5 Å². The molecular weight excluding hydrogens is 365 g/mol. The van der Waals surface area contributed by atoms with Gasteiger partial charge in [-0.3, -0.25) is 4.79 Å². The van der Waals surface area contributed by atoms with Crippen molar-refractivity contribution >= 4 is 5.91 Å². The third-order valence-electron chi connectivity index (χ3n) is 4.62. The maximum atomic E-state index is 13.1. The largest absolute Gasteiger partial charge is 0.347 e. The molecule has 144 valence electrons. The molecule has 0 atom stereocenters. The number of hydrogen-bond acceptors (Lipinski definition) is 2. The van der Waals surface area contributed by atoms with E-state index in [1.807, 2.05) is 61.5 Å². The topological polar surface area (TPSA) is 46.9 Å². The van der Waals surface area contributed by atoms with E-state index in [0.29, 0.717) is 12.2 Å². The fraction of sp³-hybridized carbons (Fsp3) is 0.0833. The van der Waals surface area contributed by atoms with Crippen LogP contribution < -0.4 is 5.32 Å². The summed E-state index contributed by atoms with van der Waals surface area (Å²) in [4.78, 5) is 13.0. The predicted octanol–water partition coefficient (Wildman–Crippen LogP) is 4.92. The number of nitrogens with zero attached hydrogens (tertiary/aromatic N) is 2. The van der Waals surface area contributed by atoms with Gasteiger partial charge in [-0.05, 0) is 48.4 Å². The van der Waals surface area contributed by atoms with Crippen molar-refractivity contribution in [1.82, 2.24) is 15.1 Å². The highest BCUT2D eigenvalue weighted by Crippen LogP contribution is 2.22. The molecule has 0 saturated carbocycles. The van der Waals surface area contributed by atoms with Gasteiger partial charge in [0.2, 0.25) is 0 Å². The van der Waals surface area contributed by atoms with Gasteiger partial charge >= 0.3 is 0 Å². The predicted molar refractivity (Wildman–Crippen MR) is 111 cm³/mol. The zero-order valence-electron chi connectivity index (χ0n) is 16.0. The average molecular weight is 385 g/mol. The van der Waals surface area contributed by atoms with Crippen molar-refractivity contribution in [2.24, 2.45) is 0 Å². The number of hydrogen-bond donors (Lipinski definition) is 1. The Hall–Kier alpha value is -3.73. The Bertz CT molecular complexity index is 1130. The van der Waals surface area contributed by atoms with Crippen molar-refractivity contribution in [1.29, 1.82) is 0 Å². The SMILES string of the molecule is Cc1cccc(-n2nc(-c3ccccc3)cc2C(=O)NCc2ccc(F)cc2)c1. The quantitative estimate of drug-likeness (QED) is 0.530. The summed E-state index contributed by atoms with van der Waals surface area (Å²) in [5.41, 5.74) is 4.82. The molecule has 4 aromatic rings. The summed E-state index contributed by atoms with van der Waals surface area (Å²) in [5, 5.41) is 7.59. The fourth-order valence-corrected chi connectivity index (χ4v) is 3.12. The lowest BCUT2D eigenvalue weighted by Gasteiger charge is -2.09. The molecule has 3 aromatic carbocycles. The molecule has 0 radical (unpaired) electrons. The lowest BCUT2D eigenvalue weighted by Crippen LogP contribution is -2.25. The van der Waals surface area contributed by atoms with Crippen molar-refractivity contribution in [3.63, 3.8) is 0 Å². The normalized spacial score (nSPS) is 10.7. The van der Waals surface area contributed by atoms with Gasteiger partial charge in [0.05, 0.1) is 11.4 Å². The van der Waals surface area contributed by atoms with Crippen LogP contribution >= 0.6 is 0 Å². The molecule has 0 spiro atoms. The zero-order chi connectivity index (χ0) is 20.2. The minimum Gasteiger partial charge on any atom is -0.347 e. The van der Waals surface area contributed by atoms with E-state index in [1.54, 1.807) is 22.9 Å². The van der Waals surface area contributed by atoms with E-state index in [1.165, 1.54) is 12.1 Å². The van der Waals surface area contributed by atoms with Crippen LogP contribution in [0.5, 0.6) is 0 Å².